The van der Waals surface area contributed by atoms with Gasteiger partial charge in [-0.1, -0.05) is 30.3 Å². The fraction of sp³-hybridized carbons (Fsp3) is 0.389. The number of piperazine rings is 1. The number of hydrogen-bond donors (Lipinski definition) is 1. The van der Waals surface area contributed by atoms with E-state index in [4.69, 9.17) is 0 Å². The highest BCUT2D eigenvalue weighted by Crippen LogP contribution is 2.22. The van der Waals surface area contributed by atoms with Crippen molar-refractivity contribution >= 4 is 0 Å². The van der Waals surface area contributed by atoms with Crippen molar-refractivity contribution in [1.29, 1.82) is 0 Å². The molecular formula is C18H23N3O. The Morgan fingerprint density at radius 3 is 2.50 bits per heavy atom. The second-order valence-electron chi connectivity index (χ2n) is 5.95. The average molecular weight is 297 g/mol. The fourth-order valence-electron chi connectivity index (χ4n) is 2.85. The minimum atomic E-state index is 0.0426. The van der Waals surface area contributed by atoms with Gasteiger partial charge in [-0.3, -0.25) is 9.88 Å². The number of pyridine rings is 1. The van der Waals surface area contributed by atoms with Crippen LogP contribution >= 0.6 is 0 Å². The molecule has 2 heterocycles. The molecule has 1 saturated heterocycles. The molecule has 0 radical (unpaired) electrons. The first-order valence-electron chi connectivity index (χ1n) is 7.81. The van der Waals surface area contributed by atoms with Gasteiger partial charge in [0.1, 0.15) is 0 Å². The topological polar surface area (TPSA) is 39.6 Å². The van der Waals surface area contributed by atoms with Gasteiger partial charge < -0.3 is 10.0 Å². The van der Waals surface area contributed by atoms with E-state index in [-0.39, 0.29) is 6.61 Å². The molecule has 0 bridgehead atoms. The largest absolute Gasteiger partial charge is 0.392 e. The minimum absolute atomic E-state index is 0.0426. The molecule has 116 valence electrons. The molecule has 1 fully saturated rings. The van der Waals surface area contributed by atoms with Crippen molar-refractivity contribution in [3.05, 3.63) is 53.7 Å². The number of aliphatic hydroxyl groups is 1. The SMILES string of the molecule is CN1CCN(Cc2ccc(-c3ccccc3CO)nc2)CC1. The summed E-state index contributed by atoms with van der Waals surface area (Å²) >= 11 is 0. The lowest BCUT2D eigenvalue weighted by atomic mass is 10.0. The smallest absolute Gasteiger partial charge is 0.0705 e. The van der Waals surface area contributed by atoms with Gasteiger partial charge in [-0.25, -0.2) is 0 Å². The molecule has 2 aromatic rings. The summed E-state index contributed by atoms with van der Waals surface area (Å²) < 4.78 is 0. The molecular weight excluding hydrogens is 274 g/mol. The predicted molar refractivity (Wildman–Crippen MR) is 88.4 cm³/mol. The molecule has 4 heteroatoms. The Hall–Kier alpha value is -1.75. The number of aromatic nitrogens is 1. The van der Waals surface area contributed by atoms with Gasteiger partial charge in [0.2, 0.25) is 0 Å². The van der Waals surface area contributed by atoms with Gasteiger partial charge in [0.25, 0.3) is 0 Å². The highest BCUT2D eigenvalue weighted by atomic mass is 16.3. The molecule has 1 aliphatic heterocycles. The van der Waals surface area contributed by atoms with Crippen molar-refractivity contribution in [3.63, 3.8) is 0 Å². The third-order valence-corrected chi connectivity index (χ3v) is 4.29. The van der Waals surface area contributed by atoms with E-state index in [1.54, 1.807) is 0 Å². The second kappa shape index (κ2) is 7.01. The van der Waals surface area contributed by atoms with E-state index in [0.29, 0.717) is 0 Å². The van der Waals surface area contributed by atoms with E-state index in [1.807, 2.05) is 30.5 Å². The van der Waals surface area contributed by atoms with E-state index >= 15 is 0 Å². The van der Waals surface area contributed by atoms with Gasteiger partial charge >= 0.3 is 0 Å². The van der Waals surface area contributed by atoms with Crippen LogP contribution in [0.5, 0.6) is 0 Å². The van der Waals surface area contributed by atoms with E-state index in [0.717, 1.165) is 49.5 Å². The van der Waals surface area contributed by atoms with Crippen molar-refractivity contribution in [2.75, 3.05) is 33.2 Å². The molecule has 1 N–H and O–H groups in total. The summed E-state index contributed by atoms with van der Waals surface area (Å²) in [5.74, 6) is 0. The first kappa shape index (κ1) is 15.2. The van der Waals surface area contributed by atoms with Gasteiger partial charge in [0.15, 0.2) is 0 Å². The molecule has 0 amide bonds. The molecule has 22 heavy (non-hydrogen) atoms. The summed E-state index contributed by atoms with van der Waals surface area (Å²) in [4.78, 5) is 9.43. The summed E-state index contributed by atoms with van der Waals surface area (Å²) in [7, 11) is 2.17. The molecule has 0 aliphatic carbocycles. The second-order valence-corrected chi connectivity index (χ2v) is 5.95. The van der Waals surface area contributed by atoms with E-state index in [1.165, 1.54) is 5.56 Å². The third-order valence-electron chi connectivity index (χ3n) is 4.29. The number of likely N-dealkylation sites (N-methyl/N-ethyl adjacent to an activating group) is 1. The van der Waals surface area contributed by atoms with E-state index in [9.17, 15) is 5.11 Å². The highest BCUT2D eigenvalue weighted by molar-refractivity contribution is 5.63. The van der Waals surface area contributed by atoms with E-state index in [2.05, 4.69) is 34.0 Å². The van der Waals surface area contributed by atoms with Gasteiger partial charge in [-0.2, -0.15) is 0 Å². The molecule has 0 atom stereocenters. The molecule has 0 saturated carbocycles. The van der Waals surface area contributed by atoms with Crippen molar-refractivity contribution in [2.45, 2.75) is 13.2 Å². The number of hydrogen-bond acceptors (Lipinski definition) is 4. The van der Waals surface area contributed by atoms with Crippen LogP contribution in [0.4, 0.5) is 0 Å². The van der Waals surface area contributed by atoms with Gasteiger partial charge in [0.05, 0.1) is 12.3 Å². The van der Waals surface area contributed by atoms with Gasteiger partial charge in [0, 0.05) is 44.5 Å². The van der Waals surface area contributed by atoms with Crippen molar-refractivity contribution in [2.24, 2.45) is 0 Å². The molecule has 4 nitrogen and oxygen atoms in total. The van der Waals surface area contributed by atoms with Crippen LogP contribution in [0.15, 0.2) is 42.6 Å². The Bertz CT molecular complexity index is 604. The van der Waals surface area contributed by atoms with Crippen LogP contribution < -0.4 is 0 Å². The molecule has 3 rings (SSSR count). The maximum atomic E-state index is 9.43. The quantitative estimate of drug-likeness (QED) is 0.937. The lowest BCUT2D eigenvalue weighted by Gasteiger charge is -2.32. The van der Waals surface area contributed by atoms with Crippen LogP contribution in [0.3, 0.4) is 0 Å². The normalized spacial score (nSPS) is 16.8. The van der Waals surface area contributed by atoms with Crippen LogP contribution in [-0.2, 0) is 13.2 Å². The summed E-state index contributed by atoms with van der Waals surface area (Å²) in [6, 6.07) is 12.1. The highest BCUT2D eigenvalue weighted by Gasteiger charge is 2.14. The first-order chi connectivity index (χ1) is 10.8. The first-order valence-corrected chi connectivity index (χ1v) is 7.81. The summed E-state index contributed by atoms with van der Waals surface area (Å²) in [5.41, 5.74) is 4.10. The van der Waals surface area contributed by atoms with Crippen LogP contribution in [0.1, 0.15) is 11.1 Å². The number of benzene rings is 1. The monoisotopic (exact) mass is 297 g/mol. The third kappa shape index (κ3) is 3.53. The molecule has 1 aromatic heterocycles. The van der Waals surface area contributed by atoms with Gasteiger partial charge in [-0.05, 0) is 24.2 Å². The predicted octanol–water partition coefficient (Wildman–Crippen LogP) is 1.99. The van der Waals surface area contributed by atoms with Crippen molar-refractivity contribution in [3.8, 4) is 11.3 Å². The van der Waals surface area contributed by atoms with Crippen molar-refractivity contribution < 1.29 is 5.11 Å². The zero-order valence-electron chi connectivity index (χ0n) is 13.1. The molecule has 1 aromatic carbocycles. The average Bonchev–Trinajstić information content (AvgIpc) is 2.58. The number of rotatable bonds is 4. The Morgan fingerprint density at radius 1 is 1.05 bits per heavy atom. The molecule has 0 unspecified atom stereocenters. The summed E-state index contributed by atoms with van der Waals surface area (Å²) in [6.45, 7) is 5.51. The van der Waals surface area contributed by atoms with Crippen molar-refractivity contribution in [1.82, 2.24) is 14.8 Å². The summed E-state index contributed by atoms with van der Waals surface area (Å²) in [6.07, 6.45) is 1.96. The number of nitrogens with zero attached hydrogens (tertiary/aromatic N) is 3. The van der Waals surface area contributed by atoms with E-state index < -0.39 is 0 Å². The van der Waals surface area contributed by atoms with Gasteiger partial charge in [-0.15, -0.1) is 0 Å². The maximum Gasteiger partial charge on any atom is 0.0705 e. The Balaban J connectivity index is 1.70. The zero-order valence-corrected chi connectivity index (χ0v) is 13.1. The van der Waals surface area contributed by atoms with Crippen LogP contribution in [0.25, 0.3) is 11.3 Å². The van der Waals surface area contributed by atoms with Crippen LogP contribution in [0, 0.1) is 0 Å². The Morgan fingerprint density at radius 2 is 1.82 bits per heavy atom. The summed E-state index contributed by atoms with van der Waals surface area (Å²) in [5, 5.41) is 9.43. The number of aliphatic hydroxyl groups excluding tert-OH is 1. The fourth-order valence-corrected chi connectivity index (χ4v) is 2.85. The zero-order chi connectivity index (χ0) is 15.4. The maximum absolute atomic E-state index is 9.43. The molecule has 0 spiro atoms. The lowest BCUT2D eigenvalue weighted by molar-refractivity contribution is 0.148. The Labute approximate surface area is 132 Å². The lowest BCUT2D eigenvalue weighted by Crippen LogP contribution is -2.43. The van der Waals surface area contributed by atoms with Crippen LogP contribution in [-0.4, -0.2) is 53.1 Å². The Kier molecular flexibility index (Phi) is 4.83. The molecule has 1 aliphatic rings. The minimum Gasteiger partial charge on any atom is -0.392 e. The van der Waals surface area contributed by atoms with Crippen LogP contribution in [0.2, 0.25) is 0 Å². The standard InChI is InChI=1S/C18H23N3O/c1-20-8-10-21(11-9-20)13-15-6-7-18(19-12-15)17-5-3-2-4-16(17)14-22/h2-7,12,22H,8-11,13-14H2,1H3.